The van der Waals surface area contributed by atoms with E-state index in [-0.39, 0.29) is 18.4 Å². The van der Waals surface area contributed by atoms with E-state index in [1.54, 1.807) is 12.2 Å². The van der Waals surface area contributed by atoms with Gasteiger partial charge in [-0.05, 0) is 30.5 Å². The second-order valence-electron chi connectivity index (χ2n) is 5.61. The number of rotatable bonds is 7. The van der Waals surface area contributed by atoms with Crippen molar-refractivity contribution in [1.29, 1.82) is 0 Å². The van der Waals surface area contributed by atoms with E-state index in [0.717, 1.165) is 11.1 Å². The molecule has 1 unspecified atom stereocenters. The summed E-state index contributed by atoms with van der Waals surface area (Å²) >= 11 is 0. The van der Waals surface area contributed by atoms with E-state index < -0.39 is 0 Å². The number of carbonyl (C=O) groups is 1. The molecule has 0 heterocycles. The van der Waals surface area contributed by atoms with Crippen molar-refractivity contribution in [2.24, 2.45) is 0 Å². The monoisotopic (exact) mass is 309 g/mol. The average Bonchev–Trinajstić information content (AvgIpc) is 2.59. The molecule has 0 aliphatic carbocycles. The second-order valence-corrected chi connectivity index (χ2v) is 5.61. The molecular formula is C20H23NO2. The van der Waals surface area contributed by atoms with Crippen molar-refractivity contribution in [3.8, 4) is 0 Å². The highest BCUT2D eigenvalue weighted by Gasteiger charge is 2.11. The Morgan fingerprint density at radius 1 is 1.13 bits per heavy atom. The summed E-state index contributed by atoms with van der Waals surface area (Å²) in [5, 5.41) is 12.1. The quantitative estimate of drug-likeness (QED) is 0.771. The fourth-order valence-corrected chi connectivity index (χ4v) is 2.40. The summed E-state index contributed by atoms with van der Waals surface area (Å²) in [6.07, 6.45) is 3.98. The van der Waals surface area contributed by atoms with Gasteiger partial charge in [0.1, 0.15) is 0 Å². The van der Waals surface area contributed by atoms with Crippen LogP contribution in [0.5, 0.6) is 0 Å². The van der Waals surface area contributed by atoms with Crippen LogP contribution in [0.15, 0.2) is 60.7 Å². The van der Waals surface area contributed by atoms with Gasteiger partial charge in [-0.3, -0.25) is 4.79 Å². The minimum atomic E-state index is -0.121. The molecule has 0 bridgehead atoms. The first kappa shape index (κ1) is 17.0. The lowest BCUT2D eigenvalue weighted by Crippen LogP contribution is -2.27. The SMILES string of the molecule is Cc1ccc(/C=C/C(=O)NCC(CCO)c2ccccc2)cc1. The Morgan fingerprint density at radius 2 is 1.83 bits per heavy atom. The van der Waals surface area contributed by atoms with E-state index in [1.807, 2.05) is 61.5 Å². The van der Waals surface area contributed by atoms with Crippen molar-refractivity contribution < 1.29 is 9.90 Å². The van der Waals surface area contributed by atoms with Gasteiger partial charge in [0.2, 0.25) is 5.91 Å². The van der Waals surface area contributed by atoms with Crippen molar-refractivity contribution in [3.05, 3.63) is 77.4 Å². The van der Waals surface area contributed by atoms with Gasteiger partial charge in [-0.15, -0.1) is 0 Å². The zero-order valence-electron chi connectivity index (χ0n) is 13.4. The molecule has 2 aromatic rings. The Labute approximate surface area is 137 Å². The van der Waals surface area contributed by atoms with Gasteiger partial charge in [-0.1, -0.05) is 60.2 Å². The highest BCUT2D eigenvalue weighted by Crippen LogP contribution is 2.18. The van der Waals surface area contributed by atoms with Gasteiger partial charge in [-0.2, -0.15) is 0 Å². The van der Waals surface area contributed by atoms with Crippen molar-refractivity contribution >= 4 is 12.0 Å². The highest BCUT2D eigenvalue weighted by atomic mass is 16.3. The van der Waals surface area contributed by atoms with E-state index in [4.69, 9.17) is 0 Å². The fourth-order valence-electron chi connectivity index (χ4n) is 2.40. The molecule has 1 atom stereocenters. The molecule has 0 spiro atoms. The van der Waals surface area contributed by atoms with Crippen LogP contribution >= 0.6 is 0 Å². The topological polar surface area (TPSA) is 49.3 Å². The number of amides is 1. The third-order valence-corrected chi connectivity index (χ3v) is 3.78. The molecule has 0 fully saturated rings. The number of aliphatic hydroxyl groups excluding tert-OH is 1. The second kappa shape index (κ2) is 8.91. The predicted molar refractivity (Wildman–Crippen MR) is 94.1 cm³/mol. The van der Waals surface area contributed by atoms with Gasteiger partial charge < -0.3 is 10.4 Å². The van der Waals surface area contributed by atoms with Crippen molar-refractivity contribution in [1.82, 2.24) is 5.32 Å². The van der Waals surface area contributed by atoms with Crippen LogP contribution < -0.4 is 5.32 Å². The average molecular weight is 309 g/mol. The van der Waals surface area contributed by atoms with Gasteiger partial charge in [0.15, 0.2) is 0 Å². The number of carbonyl (C=O) groups excluding carboxylic acids is 1. The lowest BCUT2D eigenvalue weighted by Gasteiger charge is -2.16. The third-order valence-electron chi connectivity index (χ3n) is 3.78. The molecular weight excluding hydrogens is 286 g/mol. The maximum Gasteiger partial charge on any atom is 0.244 e. The first-order chi connectivity index (χ1) is 11.2. The molecule has 1 amide bonds. The maximum atomic E-state index is 12.0. The molecule has 2 aromatic carbocycles. The summed E-state index contributed by atoms with van der Waals surface area (Å²) in [6.45, 7) is 2.65. The summed E-state index contributed by atoms with van der Waals surface area (Å²) < 4.78 is 0. The summed E-state index contributed by atoms with van der Waals surface area (Å²) in [5.74, 6) is 0.00220. The summed E-state index contributed by atoms with van der Waals surface area (Å²) in [6, 6.07) is 18.0. The van der Waals surface area contributed by atoms with Gasteiger partial charge >= 0.3 is 0 Å². The third kappa shape index (κ3) is 5.72. The minimum Gasteiger partial charge on any atom is -0.396 e. The summed E-state index contributed by atoms with van der Waals surface area (Å²) in [7, 11) is 0. The number of benzene rings is 2. The van der Waals surface area contributed by atoms with Gasteiger partial charge in [0, 0.05) is 25.1 Å². The Kier molecular flexibility index (Phi) is 6.57. The number of aryl methyl sites for hydroxylation is 1. The molecule has 0 aromatic heterocycles. The molecule has 120 valence electrons. The van der Waals surface area contributed by atoms with E-state index in [9.17, 15) is 9.90 Å². The van der Waals surface area contributed by atoms with E-state index in [1.165, 1.54) is 5.56 Å². The highest BCUT2D eigenvalue weighted by molar-refractivity contribution is 5.91. The Morgan fingerprint density at radius 3 is 2.48 bits per heavy atom. The molecule has 0 aliphatic heterocycles. The number of aliphatic hydroxyl groups is 1. The summed E-state index contributed by atoms with van der Waals surface area (Å²) in [5.41, 5.74) is 3.33. The normalized spacial score (nSPS) is 12.3. The zero-order valence-corrected chi connectivity index (χ0v) is 13.4. The lowest BCUT2D eigenvalue weighted by atomic mass is 9.96. The van der Waals surface area contributed by atoms with E-state index in [0.29, 0.717) is 13.0 Å². The number of nitrogens with one attached hydrogen (secondary N) is 1. The zero-order chi connectivity index (χ0) is 16.5. The predicted octanol–water partition coefficient (Wildman–Crippen LogP) is 3.29. The largest absolute Gasteiger partial charge is 0.396 e. The molecule has 0 saturated carbocycles. The molecule has 2 N–H and O–H groups in total. The molecule has 3 heteroatoms. The first-order valence-corrected chi connectivity index (χ1v) is 7.87. The number of hydrogen-bond acceptors (Lipinski definition) is 2. The van der Waals surface area contributed by atoms with Crippen LogP contribution in [0.2, 0.25) is 0 Å². The van der Waals surface area contributed by atoms with E-state index >= 15 is 0 Å². The van der Waals surface area contributed by atoms with E-state index in [2.05, 4.69) is 5.32 Å². The molecule has 0 aliphatic rings. The van der Waals surface area contributed by atoms with Gasteiger partial charge in [0.25, 0.3) is 0 Å². The standard InChI is InChI=1S/C20H23NO2/c1-16-7-9-17(10-8-16)11-12-20(23)21-15-19(13-14-22)18-5-3-2-4-6-18/h2-12,19,22H,13-15H2,1H3,(H,21,23)/b12-11+. The Balaban J connectivity index is 1.90. The smallest absolute Gasteiger partial charge is 0.244 e. The number of hydrogen-bond donors (Lipinski definition) is 2. The van der Waals surface area contributed by atoms with Crippen molar-refractivity contribution in [2.45, 2.75) is 19.3 Å². The summed E-state index contributed by atoms with van der Waals surface area (Å²) in [4.78, 5) is 12.0. The molecule has 2 rings (SSSR count). The van der Waals surface area contributed by atoms with Crippen LogP contribution in [0.3, 0.4) is 0 Å². The van der Waals surface area contributed by atoms with Crippen LogP contribution in [-0.2, 0) is 4.79 Å². The van der Waals surface area contributed by atoms with Crippen molar-refractivity contribution in [3.63, 3.8) is 0 Å². The molecule has 23 heavy (non-hydrogen) atoms. The molecule has 3 nitrogen and oxygen atoms in total. The van der Waals surface area contributed by atoms with Gasteiger partial charge in [-0.25, -0.2) is 0 Å². The van der Waals surface area contributed by atoms with Crippen LogP contribution in [0.1, 0.15) is 29.0 Å². The molecule has 0 saturated heterocycles. The van der Waals surface area contributed by atoms with Crippen molar-refractivity contribution in [2.75, 3.05) is 13.2 Å². The maximum absolute atomic E-state index is 12.0. The van der Waals surface area contributed by atoms with Crippen LogP contribution in [0.25, 0.3) is 6.08 Å². The molecule has 0 radical (unpaired) electrons. The van der Waals surface area contributed by atoms with Gasteiger partial charge in [0.05, 0.1) is 0 Å². The Hall–Kier alpha value is -2.39. The van der Waals surface area contributed by atoms with Crippen LogP contribution in [0, 0.1) is 6.92 Å². The Bertz CT molecular complexity index is 632. The van der Waals surface area contributed by atoms with Crippen LogP contribution in [-0.4, -0.2) is 24.2 Å². The fraction of sp³-hybridized carbons (Fsp3) is 0.250. The minimum absolute atomic E-state index is 0.106. The first-order valence-electron chi connectivity index (χ1n) is 7.87. The van der Waals surface area contributed by atoms with Crippen LogP contribution in [0.4, 0.5) is 0 Å². The lowest BCUT2D eigenvalue weighted by molar-refractivity contribution is -0.116.